The molecule has 3 rings (SSSR count). The molecule has 7 nitrogen and oxygen atoms in total. The van der Waals surface area contributed by atoms with Crippen LogP contribution in [0, 0.1) is 0 Å². The number of ether oxygens (including phenoxy) is 1. The molecule has 0 aliphatic heterocycles. The Kier molecular flexibility index (Phi) is 7.48. The molecule has 0 radical (unpaired) electrons. The van der Waals surface area contributed by atoms with Crippen molar-refractivity contribution >= 4 is 25.4 Å². The fourth-order valence-corrected chi connectivity index (χ4v) is 4.55. The third kappa shape index (κ3) is 6.01. The quantitative estimate of drug-likeness (QED) is 0.346. The van der Waals surface area contributed by atoms with Gasteiger partial charge in [0.1, 0.15) is 5.75 Å². The van der Waals surface area contributed by atoms with Crippen molar-refractivity contribution in [2.45, 2.75) is 58.4 Å². The van der Waals surface area contributed by atoms with Gasteiger partial charge >= 0.3 is 12.5 Å². The van der Waals surface area contributed by atoms with Crippen LogP contribution in [0.4, 0.5) is 18.0 Å². The molecular formula is C25H32F3N3O4Si. The Morgan fingerprint density at radius 3 is 2.31 bits per heavy atom. The maximum atomic E-state index is 12.6. The number of fused-ring (bicyclic) bond motifs is 1. The molecule has 0 bridgehead atoms. The van der Waals surface area contributed by atoms with Crippen LogP contribution in [0.3, 0.4) is 0 Å². The minimum atomic E-state index is -4.78. The van der Waals surface area contributed by atoms with Gasteiger partial charge in [-0.2, -0.15) is 0 Å². The first-order valence-corrected chi connectivity index (χ1v) is 14.3. The largest absolute Gasteiger partial charge is 0.573 e. The van der Waals surface area contributed by atoms with E-state index in [1.807, 2.05) is 17.7 Å². The number of imidazole rings is 1. The Morgan fingerprint density at radius 2 is 1.78 bits per heavy atom. The van der Waals surface area contributed by atoms with Crippen molar-refractivity contribution in [1.82, 2.24) is 14.5 Å². The molecule has 196 valence electrons. The van der Waals surface area contributed by atoms with Crippen LogP contribution in [-0.2, 0) is 24.6 Å². The number of hydrogen-bond acceptors (Lipinski definition) is 4. The molecule has 36 heavy (non-hydrogen) atoms. The Hall–Kier alpha value is -3.05. The standard InChI is InChI=1S/C25H32F3N3O4Si/c1-24(2,3)36(6,7)34-14-20-17(13-30(4)23(32)33)12-19(21-22(20)31(5)15-29-21)16-8-10-18(11-9-16)35-25(26,27)28/h8-12,15H,13-14H2,1-7H3,(H,32,33). The number of amides is 1. The van der Waals surface area contributed by atoms with Crippen LogP contribution in [0.2, 0.25) is 18.1 Å². The van der Waals surface area contributed by atoms with Crippen LogP contribution in [-0.4, -0.2) is 47.4 Å². The van der Waals surface area contributed by atoms with Crippen molar-refractivity contribution in [2.24, 2.45) is 7.05 Å². The summed E-state index contributed by atoms with van der Waals surface area (Å²) < 4.78 is 50.1. The van der Waals surface area contributed by atoms with Crippen LogP contribution in [0.25, 0.3) is 22.2 Å². The summed E-state index contributed by atoms with van der Waals surface area (Å²) in [7, 11) is 1.20. The van der Waals surface area contributed by atoms with E-state index < -0.39 is 20.8 Å². The van der Waals surface area contributed by atoms with Crippen molar-refractivity contribution in [2.75, 3.05) is 7.05 Å². The molecule has 0 aliphatic rings. The molecule has 3 aromatic rings. The number of nitrogens with zero attached hydrogens (tertiary/aromatic N) is 3. The number of aryl methyl sites for hydroxylation is 1. The molecule has 1 heterocycles. The molecule has 11 heteroatoms. The molecule has 1 N–H and O–H groups in total. The fraction of sp³-hybridized carbons (Fsp3) is 0.440. The number of halogens is 3. The van der Waals surface area contributed by atoms with Gasteiger partial charge in [-0.3, -0.25) is 0 Å². The van der Waals surface area contributed by atoms with Crippen molar-refractivity contribution in [1.29, 1.82) is 0 Å². The summed E-state index contributed by atoms with van der Waals surface area (Å²) in [5, 5.41) is 9.50. The SMILES string of the molecule is CN(Cc1cc(-c2ccc(OC(F)(F)F)cc2)c2ncn(C)c2c1CO[Si](C)(C)C(C)(C)C)C(=O)O. The average molecular weight is 524 g/mol. The zero-order valence-corrected chi connectivity index (χ0v) is 22.5. The lowest BCUT2D eigenvalue weighted by atomic mass is 9.96. The van der Waals surface area contributed by atoms with E-state index in [-0.39, 0.29) is 23.9 Å². The highest BCUT2D eigenvalue weighted by Crippen LogP contribution is 2.39. The first-order chi connectivity index (χ1) is 16.5. The third-order valence-corrected chi connectivity index (χ3v) is 11.2. The van der Waals surface area contributed by atoms with Gasteiger partial charge in [-0.25, -0.2) is 9.78 Å². The molecule has 0 saturated carbocycles. The molecule has 0 unspecified atom stereocenters. The Bertz CT molecular complexity index is 1250. The summed E-state index contributed by atoms with van der Waals surface area (Å²) in [5.41, 5.74) is 4.32. The Labute approximate surface area is 209 Å². The molecule has 0 aliphatic carbocycles. The maximum Gasteiger partial charge on any atom is 0.573 e. The van der Waals surface area contributed by atoms with Crippen LogP contribution in [0.1, 0.15) is 31.9 Å². The number of rotatable bonds is 7. The van der Waals surface area contributed by atoms with Gasteiger partial charge in [0.25, 0.3) is 0 Å². The lowest BCUT2D eigenvalue weighted by molar-refractivity contribution is -0.274. The van der Waals surface area contributed by atoms with E-state index in [2.05, 4.69) is 43.6 Å². The van der Waals surface area contributed by atoms with Crippen molar-refractivity contribution in [3.63, 3.8) is 0 Å². The van der Waals surface area contributed by atoms with E-state index in [1.54, 1.807) is 6.33 Å². The zero-order chi connectivity index (χ0) is 27.1. The monoisotopic (exact) mass is 523 g/mol. The van der Waals surface area contributed by atoms with Gasteiger partial charge in [-0.15, -0.1) is 13.2 Å². The first kappa shape index (κ1) is 27.5. The second kappa shape index (κ2) is 9.77. The highest BCUT2D eigenvalue weighted by molar-refractivity contribution is 6.74. The average Bonchev–Trinajstić information content (AvgIpc) is 3.12. The second-order valence-corrected chi connectivity index (χ2v) is 15.2. The number of aromatic nitrogens is 2. The molecule has 0 atom stereocenters. The molecule has 2 aromatic carbocycles. The number of alkyl halides is 3. The minimum Gasteiger partial charge on any atom is -0.465 e. The summed E-state index contributed by atoms with van der Waals surface area (Å²) in [5.74, 6) is -0.325. The molecule has 0 saturated heterocycles. The predicted octanol–water partition coefficient (Wildman–Crippen LogP) is 6.77. The summed E-state index contributed by atoms with van der Waals surface area (Å²) in [6.07, 6.45) is -4.20. The smallest absolute Gasteiger partial charge is 0.465 e. The van der Waals surface area contributed by atoms with Gasteiger partial charge in [0.15, 0.2) is 8.32 Å². The van der Waals surface area contributed by atoms with E-state index in [1.165, 1.54) is 36.2 Å². The lowest BCUT2D eigenvalue weighted by Gasteiger charge is -2.36. The number of carbonyl (C=O) groups is 1. The summed E-state index contributed by atoms with van der Waals surface area (Å²) >= 11 is 0. The highest BCUT2D eigenvalue weighted by Gasteiger charge is 2.37. The van der Waals surface area contributed by atoms with Gasteiger partial charge in [-0.1, -0.05) is 32.9 Å². The lowest BCUT2D eigenvalue weighted by Crippen LogP contribution is -2.40. The maximum absolute atomic E-state index is 12.6. The minimum absolute atomic E-state index is 0.0171. The number of carboxylic acid groups (broad SMARTS) is 1. The first-order valence-electron chi connectivity index (χ1n) is 11.4. The Morgan fingerprint density at radius 1 is 1.17 bits per heavy atom. The van der Waals surface area contributed by atoms with E-state index in [0.717, 1.165) is 16.6 Å². The van der Waals surface area contributed by atoms with Crippen LogP contribution < -0.4 is 4.74 Å². The van der Waals surface area contributed by atoms with Crippen molar-refractivity contribution < 1.29 is 32.2 Å². The highest BCUT2D eigenvalue weighted by atomic mass is 28.4. The van der Waals surface area contributed by atoms with E-state index in [4.69, 9.17) is 4.43 Å². The summed E-state index contributed by atoms with van der Waals surface area (Å²) in [4.78, 5) is 17.4. The van der Waals surface area contributed by atoms with Crippen LogP contribution in [0.15, 0.2) is 36.7 Å². The van der Waals surface area contributed by atoms with Crippen LogP contribution in [0.5, 0.6) is 5.75 Å². The van der Waals surface area contributed by atoms with Crippen molar-refractivity contribution in [3.8, 4) is 16.9 Å². The van der Waals surface area contributed by atoms with Gasteiger partial charge in [-0.05, 0) is 47.5 Å². The summed E-state index contributed by atoms with van der Waals surface area (Å²) in [6, 6.07) is 7.39. The predicted molar refractivity (Wildman–Crippen MR) is 134 cm³/mol. The van der Waals surface area contributed by atoms with Crippen molar-refractivity contribution in [3.05, 3.63) is 47.8 Å². The zero-order valence-electron chi connectivity index (χ0n) is 21.5. The van der Waals surface area contributed by atoms with E-state index in [0.29, 0.717) is 16.6 Å². The fourth-order valence-electron chi connectivity index (χ4n) is 3.62. The van der Waals surface area contributed by atoms with Gasteiger partial charge in [0.2, 0.25) is 0 Å². The summed E-state index contributed by atoms with van der Waals surface area (Å²) in [6.45, 7) is 11.1. The molecule has 0 spiro atoms. The third-order valence-electron chi connectivity index (χ3n) is 6.70. The normalized spacial score (nSPS) is 12.7. The van der Waals surface area contributed by atoms with E-state index in [9.17, 15) is 23.1 Å². The van der Waals surface area contributed by atoms with Crippen LogP contribution >= 0.6 is 0 Å². The second-order valence-electron chi connectivity index (χ2n) is 10.4. The molecule has 1 aromatic heterocycles. The van der Waals surface area contributed by atoms with Gasteiger partial charge < -0.3 is 23.7 Å². The Balaban J connectivity index is 2.15. The topological polar surface area (TPSA) is 76.8 Å². The molecular weight excluding hydrogens is 491 g/mol. The molecule has 0 fully saturated rings. The number of hydrogen-bond donors (Lipinski definition) is 1. The van der Waals surface area contributed by atoms with Gasteiger partial charge in [0, 0.05) is 31.8 Å². The molecule has 1 amide bonds. The van der Waals surface area contributed by atoms with Gasteiger partial charge in [0.05, 0.1) is 24.0 Å². The number of benzene rings is 2. The van der Waals surface area contributed by atoms with E-state index >= 15 is 0 Å².